The molecule has 0 aromatic carbocycles. The number of nitrogens with one attached hydrogen (secondary N) is 3. The average Bonchev–Trinajstić information content (AvgIpc) is 1.30. The van der Waals surface area contributed by atoms with Gasteiger partial charge in [-0.1, -0.05) is 94.4 Å². The number of esters is 4. The predicted molar refractivity (Wildman–Crippen MR) is 348 cm³/mol. The maximum absolute atomic E-state index is 11.8. The summed E-state index contributed by atoms with van der Waals surface area (Å²) in [4.78, 5) is 79.8. The average molecular weight is 1420 g/mol. The Kier molecular flexibility index (Phi) is 67.6. The summed E-state index contributed by atoms with van der Waals surface area (Å²) in [6.07, 6.45) is 1.67. The quantitative estimate of drug-likeness (QED) is 0.00794. The Labute approximate surface area is 608 Å². The first-order valence-electron chi connectivity index (χ1n) is 31.5. The molecule has 3 amide bonds. The fraction of sp³-hybridized carbons (Fsp3) is 0.794. The zero-order valence-corrected chi connectivity index (χ0v) is 63.9. The molecule has 1 rings (SSSR count). The van der Waals surface area contributed by atoms with Crippen molar-refractivity contribution in [2.75, 3.05) is 145 Å². The maximum Gasteiger partial charge on any atom is 1.00 e. The van der Waals surface area contributed by atoms with Gasteiger partial charge in [0.1, 0.15) is 51.8 Å². The minimum Gasteiger partial charge on any atom is -0.726 e. The summed E-state index contributed by atoms with van der Waals surface area (Å²) in [5.74, 6) is -0.274. The van der Waals surface area contributed by atoms with Crippen LogP contribution in [0.15, 0.2) is 36.5 Å². The van der Waals surface area contributed by atoms with Gasteiger partial charge in [0.05, 0.1) is 71.5 Å². The topological polar surface area (TPSA) is 355 Å². The first-order chi connectivity index (χ1) is 43.7. The Bertz CT molecular complexity index is 2160. The number of rotatable bonds is 47. The van der Waals surface area contributed by atoms with E-state index < -0.39 is 70.8 Å². The number of halogens is 1. The van der Waals surface area contributed by atoms with Gasteiger partial charge in [-0.15, -0.1) is 11.6 Å². The molecule has 7 unspecified atom stereocenters. The zero-order chi connectivity index (χ0) is 71.6. The fourth-order valence-electron chi connectivity index (χ4n) is 5.04. The molecule has 1 saturated heterocycles. The number of ether oxygens (including phenoxy) is 14. The summed E-state index contributed by atoms with van der Waals surface area (Å²) in [7, 11) is -4.92. The van der Waals surface area contributed by atoms with Crippen molar-refractivity contribution in [1.82, 2.24) is 16.0 Å². The van der Waals surface area contributed by atoms with Crippen molar-refractivity contribution >= 4 is 64.2 Å². The molecule has 3 N–H and O–H groups in total. The molecule has 0 bridgehead atoms. The molecule has 1 fully saturated rings. The molecule has 546 valence electrons. The third kappa shape index (κ3) is 71.2. The van der Waals surface area contributed by atoms with E-state index in [0.29, 0.717) is 73.9 Å². The Morgan fingerprint density at radius 2 is 0.894 bits per heavy atom. The van der Waals surface area contributed by atoms with Crippen LogP contribution in [0.4, 0.5) is 14.4 Å². The molecule has 1 heterocycles. The van der Waals surface area contributed by atoms with Crippen molar-refractivity contribution in [1.29, 1.82) is 0 Å². The number of amides is 3. The Balaban J connectivity index is -0.000000377. The fourth-order valence-corrected chi connectivity index (χ4v) is 5.36. The van der Waals surface area contributed by atoms with Gasteiger partial charge in [0.25, 0.3) is 0 Å². The maximum atomic E-state index is 11.8. The van der Waals surface area contributed by atoms with Crippen LogP contribution in [0, 0.1) is 23.2 Å². The van der Waals surface area contributed by atoms with E-state index in [1.54, 1.807) is 34.6 Å². The molecule has 0 aromatic rings. The summed E-state index contributed by atoms with van der Waals surface area (Å²) in [6.45, 7) is 44.5. The summed E-state index contributed by atoms with van der Waals surface area (Å²) < 4.78 is 107. The third-order valence-electron chi connectivity index (χ3n) is 12.2. The van der Waals surface area contributed by atoms with Crippen LogP contribution < -0.4 is 67.3 Å². The summed E-state index contributed by atoms with van der Waals surface area (Å²) in [5, 5.41) is 7.81. The van der Waals surface area contributed by atoms with Gasteiger partial charge in [-0.25, -0.2) is 37.2 Å². The normalized spacial score (nSPS) is 13.9. The molecule has 1 aliphatic rings. The van der Waals surface area contributed by atoms with Gasteiger partial charge in [-0.05, 0) is 79.1 Å². The van der Waals surface area contributed by atoms with Crippen molar-refractivity contribution in [2.24, 2.45) is 23.2 Å². The standard InChI is InChI=1S/C18H31NO7.C17H31NO10S.C16H29NO6.C8H16O2.C4H9Cl.K/c1-7-18(5,6)16(21)25-12-14(4)26-17(22)19-8-9-23-10-11-24-15(20)13(2)3;1-5-14(4)10-25-11-15(12-27-29(21,22)23)28-17(20)18-6-7-24-8-9-26-16(19)13(2)3;1-5-14(4)12-21-9-11-23-16(19)17-6-7-20-8-10-22-15(18)13(2)3;1-3-7(2)4-9-5-8-6-10-8;1-3-4(2)5;/h14H,2,7-12H2,1,3-6H3,(H,19,22);14-15H,2,5-12H2,1,3-4H3,(H,18,20)(H,21,22,23);14H,2,5-12H2,1,3-4H3,(H,17,19);7-8H,3-6H2,1-2H3;4H,3H2,1-2H3;/q;;;;;+1/p-1. The zero-order valence-electron chi connectivity index (χ0n) is 59.2. The molecule has 0 aliphatic carbocycles. The molecule has 0 radical (unpaired) electrons. The van der Waals surface area contributed by atoms with E-state index in [1.807, 2.05) is 27.7 Å². The van der Waals surface area contributed by atoms with Crippen LogP contribution in [0.5, 0.6) is 0 Å². The summed E-state index contributed by atoms with van der Waals surface area (Å²) >= 11 is 5.46. The molecule has 1 aliphatic heterocycles. The van der Waals surface area contributed by atoms with Gasteiger partial charge in [0.15, 0.2) is 6.10 Å². The van der Waals surface area contributed by atoms with Crippen molar-refractivity contribution < 1.29 is 168 Å². The van der Waals surface area contributed by atoms with E-state index in [2.05, 4.69) is 74.5 Å². The third-order valence-corrected chi connectivity index (χ3v) is 12.9. The smallest absolute Gasteiger partial charge is 0.726 e. The van der Waals surface area contributed by atoms with Crippen LogP contribution in [0.25, 0.3) is 0 Å². The first-order valence-corrected chi connectivity index (χ1v) is 33.3. The van der Waals surface area contributed by atoms with Gasteiger partial charge in [-0.2, -0.15) is 0 Å². The van der Waals surface area contributed by atoms with E-state index in [1.165, 1.54) is 13.3 Å². The number of carbonyl (C=O) groups is 7. The predicted octanol–water partition coefficient (Wildman–Crippen LogP) is 5.36. The second-order valence-electron chi connectivity index (χ2n) is 22.1. The molecular weight excluding hydrogens is 1310 g/mol. The molecule has 31 heteroatoms. The minimum atomic E-state index is -4.92. The van der Waals surface area contributed by atoms with Crippen LogP contribution in [-0.4, -0.2) is 224 Å². The van der Waals surface area contributed by atoms with Gasteiger partial charge in [-0.3, -0.25) is 8.98 Å². The van der Waals surface area contributed by atoms with E-state index in [0.717, 1.165) is 39.1 Å². The Hall–Kier alpha value is -3.57. The van der Waals surface area contributed by atoms with Crippen molar-refractivity contribution in [2.45, 2.75) is 160 Å². The first kappa shape index (κ1) is 99.1. The molecular formula is C63H115ClKN3O25S. The van der Waals surface area contributed by atoms with E-state index in [4.69, 9.17) is 77.9 Å². The number of alkyl carbamates (subject to hydrolysis) is 3. The molecule has 94 heavy (non-hydrogen) atoms. The largest absolute Gasteiger partial charge is 1.00 e. The van der Waals surface area contributed by atoms with E-state index in [9.17, 15) is 46.5 Å². The van der Waals surface area contributed by atoms with Gasteiger partial charge < -0.3 is 86.8 Å². The van der Waals surface area contributed by atoms with E-state index in [-0.39, 0.29) is 155 Å². The van der Waals surface area contributed by atoms with Crippen LogP contribution in [0.3, 0.4) is 0 Å². The SMILES string of the molecule is C=C(C)C(=O)OCCOCCNC(=O)OC(C)COC(=O)C(C)(C)CC.C=C(C)C(=O)OCCOCCNC(=O)OC(COCC(C)CC)COS(=O)(=O)[O-].C=C(C)C(=O)OCCOCCNC(=O)OCCOCC(C)CC.CCC(C)COCC1CO1.CCC(C)Cl.[K+]. The molecule has 0 saturated carbocycles. The van der Waals surface area contributed by atoms with Crippen LogP contribution >= 0.6 is 11.6 Å². The second-order valence-corrected chi connectivity index (χ2v) is 23.9. The number of hydrogen-bond donors (Lipinski definition) is 3. The van der Waals surface area contributed by atoms with Crippen molar-refractivity contribution in [3.63, 3.8) is 0 Å². The Morgan fingerprint density at radius 1 is 0.521 bits per heavy atom. The molecule has 7 atom stereocenters. The monoisotopic (exact) mass is 1420 g/mol. The number of epoxide rings is 1. The van der Waals surface area contributed by atoms with Gasteiger partial charge in [0.2, 0.25) is 10.4 Å². The number of carbonyl (C=O) groups excluding carboxylic acids is 7. The number of hydrogen-bond acceptors (Lipinski definition) is 25. The summed E-state index contributed by atoms with van der Waals surface area (Å²) in [5.41, 5.74) is 0.402. The molecule has 0 spiro atoms. The van der Waals surface area contributed by atoms with Crippen LogP contribution in [0.1, 0.15) is 136 Å². The minimum absolute atomic E-state index is 0. The molecule has 0 aromatic heterocycles. The van der Waals surface area contributed by atoms with Gasteiger partial charge in [0, 0.05) is 61.6 Å². The van der Waals surface area contributed by atoms with Crippen molar-refractivity contribution in [3.05, 3.63) is 36.5 Å². The molecule has 28 nitrogen and oxygen atoms in total. The van der Waals surface area contributed by atoms with Crippen molar-refractivity contribution in [3.8, 4) is 0 Å². The van der Waals surface area contributed by atoms with Crippen LogP contribution in [0.2, 0.25) is 0 Å². The Morgan fingerprint density at radius 3 is 1.27 bits per heavy atom. The summed E-state index contributed by atoms with van der Waals surface area (Å²) in [6, 6.07) is 0. The number of alkyl halides is 1. The van der Waals surface area contributed by atoms with Crippen LogP contribution in [-0.2, 0) is 100 Å². The van der Waals surface area contributed by atoms with Gasteiger partial charge >= 0.3 is 93.5 Å². The second kappa shape index (κ2) is 64.1. The van der Waals surface area contributed by atoms with E-state index >= 15 is 0 Å².